The first-order chi connectivity index (χ1) is 6.84. The number of fused-ring (bicyclic) bond motifs is 3. The van der Waals surface area contributed by atoms with Gasteiger partial charge in [-0.3, -0.25) is 0 Å². The molecule has 3 heteroatoms. The van der Waals surface area contributed by atoms with Crippen LogP contribution in [-0.2, 0) is 12.6 Å². The fraction of sp³-hybridized carbons (Fsp3) is 0. The van der Waals surface area contributed by atoms with E-state index in [1.165, 1.54) is 0 Å². The zero-order valence-electron chi connectivity index (χ0n) is 8.36. The van der Waals surface area contributed by atoms with Crippen molar-refractivity contribution in [1.82, 2.24) is 0 Å². The van der Waals surface area contributed by atoms with E-state index in [0.717, 1.165) is 26.8 Å². The molecular formula is C12H7NaOS. The molecule has 0 aliphatic carbocycles. The van der Waals surface area contributed by atoms with Crippen LogP contribution in [0.1, 0.15) is 0 Å². The summed E-state index contributed by atoms with van der Waals surface area (Å²) in [6.07, 6.45) is 0. The van der Waals surface area contributed by atoms with Crippen molar-refractivity contribution in [1.29, 1.82) is 0 Å². The number of hydrogen-bond acceptors (Lipinski definition) is 2. The van der Waals surface area contributed by atoms with Crippen LogP contribution < -0.4 is 29.6 Å². The van der Waals surface area contributed by atoms with Gasteiger partial charge < -0.3 is 17.0 Å². The molecule has 0 fully saturated rings. The van der Waals surface area contributed by atoms with E-state index in [-0.39, 0.29) is 29.6 Å². The van der Waals surface area contributed by atoms with Crippen molar-refractivity contribution in [2.75, 3.05) is 0 Å². The minimum absolute atomic E-state index is 0. The van der Waals surface area contributed by atoms with E-state index in [2.05, 4.69) is 6.07 Å². The Morgan fingerprint density at radius 3 is 2.47 bits per heavy atom. The van der Waals surface area contributed by atoms with E-state index >= 15 is 0 Å². The molecule has 3 rings (SSSR count). The first kappa shape index (κ1) is 11.0. The fourth-order valence-corrected chi connectivity index (χ4v) is 1.89. The molecule has 0 aliphatic heterocycles. The molecule has 0 saturated heterocycles. The smallest absolute Gasteiger partial charge is 0.780 e. The molecule has 0 aliphatic rings. The number of hydrogen-bond donors (Lipinski definition) is 0. The zero-order valence-corrected chi connectivity index (χ0v) is 11.2. The van der Waals surface area contributed by atoms with Gasteiger partial charge in [0.05, 0.1) is 0 Å². The van der Waals surface area contributed by atoms with Gasteiger partial charge in [0.25, 0.3) is 0 Å². The summed E-state index contributed by atoms with van der Waals surface area (Å²) in [6, 6.07) is 13.8. The second kappa shape index (κ2) is 4.14. The summed E-state index contributed by atoms with van der Waals surface area (Å²) in [5.41, 5.74) is 1.82. The van der Waals surface area contributed by atoms with Gasteiger partial charge in [0.15, 0.2) is 0 Å². The topological polar surface area (TPSA) is 13.1 Å². The monoisotopic (exact) mass is 222 g/mol. The molecule has 1 heterocycles. The average Bonchev–Trinajstić information content (AvgIpc) is 2.56. The molecule has 0 unspecified atom stereocenters. The van der Waals surface area contributed by atoms with Crippen LogP contribution in [0.15, 0.2) is 51.8 Å². The zero-order chi connectivity index (χ0) is 9.54. The molecule has 1 aromatic heterocycles. The van der Waals surface area contributed by atoms with Gasteiger partial charge in [0, 0.05) is 10.8 Å². The first-order valence-corrected chi connectivity index (χ1v) is 4.84. The second-order valence-corrected chi connectivity index (χ2v) is 3.73. The van der Waals surface area contributed by atoms with Crippen molar-refractivity contribution >= 4 is 34.6 Å². The molecule has 3 aromatic rings. The maximum absolute atomic E-state index is 5.66. The van der Waals surface area contributed by atoms with Crippen LogP contribution in [0.2, 0.25) is 0 Å². The summed E-state index contributed by atoms with van der Waals surface area (Å²) < 4.78 is 5.66. The van der Waals surface area contributed by atoms with Gasteiger partial charge in [0.1, 0.15) is 11.2 Å². The molecular weight excluding hydrogens is 215 g/mol. The fourth-order valence-electron chi connectivity index (χ4n) is 1.71. The molecule has 0 bridgehead atoms. The summed E-state index contributed by atoms with van der Waals surface area (Å²) in [4.78, 5) is 0.851. The molecule has 0 spiro atoms. The van der Waals surface area contributed by atoms with Crippen molar-refractivity contribution < 1.29 is 34.0 Å². The molecule has 2 aromatic carbocycles. The quantitative estimate of drug-likeness (QED) is 0.406. The van der Waals surface area contributed by atoms with Crippen molar-refractivity contribution in [2.24, 2.45) is 0 Å². The standard InChI is InChI=1S/C12H8OS.Na/c14-8-5-6-12-10(7-8)9-3-1-2-4-11(9)13-12;/h1-7,14H;/q;+1/p-1. The largest absolute Gasteiger partial charge is 1.00 e. The third kappa shape index (κ3) is 1.79. The maximum atomic E-state index is 5.66. The summed E-state index contributed by atoms with van der Waals surface area (Å²) in [6.45, 7) is 0. The number of para-hydroxylation sites is 1. The molecule has 0 radical (unpaired) electrons. The van der Waals surface area contributed by atoms with E-state index in [4.69, 9.17) is 17.0 Å². The third-order valence-corrected chi connectivity index (χ3v) is 2.60. The predicted molar refractivity (Wildman–Crippen MR) is 59.4 cm³/mol. The Morgan fingerprint density at radius 2 is 1.60 bits per heavy atom. The summed E-state index contributed by atoms with van der Waals surface area (Å²) >= 11 is 5.13. The summed E-state index contributed by atoms with van der Waals surface area (Å²) in [5.74, 6) is 0. The van der Waals surface area contributed by atoms with Crippen LogP contribution in [0.4, 0.5) is 0 Å². The van der Waals surface area contributed by atoms with Crippen LogP contribution >= 0.6 is 0 Å². The Labute approximate surface area is 115 Å². The van der Waals surface area contributed by atoms with E-state index in [1.54, 1.807) is 0 Å². The molecule has 68 valence electrons. The summed E-state index contributed by atoms with van der Waals surface area (Å²) in [5, 5.41) is 2.24. The van der Waals surface area contributed by atoms with Crippen LogP contribution in [-0.4, -0.2) is 0 Å². The van der Waals surface area contributed by atoms with Crippen LogP contribution in [0.5, 0.6) is 0 Å². The predicted octanol–water partition coefficient (Wildman–Crippen LogP) is 0.496. The number of rotatable bonds is 0. The van der Waals surface area contributed by atoms with Gasteiger partial charge in [-0.2, -0.15) is 4.90 Å². The third-order valence-electron chi connectivity index (χ3n) is 2.35. The van der Waals surface area contributed by atoms with Gasteiger partial charge in [-0.05, 0) is 12.1 Å². The number of benzene rings is 2. The average molecular weight is 222 g/mol. The van der Waals surface area contributed by atoms with Crippen molar-refractivity contribution in [3.05, 3.63) is 42.5 Å². The molecule has 0 atom stereocenters. The number of furan rings is 1. The summed E-state index contributed by atoms with van der Waals surface area (Å²) in [7, 11) is 0. The normalized spacial score (nSPS) is 10.4. The minimum Gasteiger partial charge on any atom is -0.780 e. The van der Waals surface area contributed by atoms with Gasteiger partial charge in [0.2, 0.25) is 0 Å². The van der Waals surface area contributed by atoms with Crippen LogP contribution in [0, 0.1) is 0 Å². The Morgan fingerprint density at radius 1 is 0.867 bits per heavy atom. The van der Waals surface area contributed by atoms with Crippen molar-refractivity contribution in [2.45, 2.75) is 4.90 Å². The van der Waals surface area contributed by atoms with Crippen LogP contribution in [0.25, 0.3) is 21.9 Å². The van der Waals surface area contributed by atoms with Crippen molar-refractivity contribution in [3.63, 3.8) is 0 Å². The Hall–Kier alpha value is -0.540. The van der Waals surface area contributed by atoms with E-state index in [0.29, 0.717) is 0 Å². The van der Waals surface area contributed by atoms with Gasteiger partial charge in [-0.15, -0.1) is 0 Å². The molecule has 0 amide bonds. The Kier molecular flexibility index (Phi) is 3.03. The van der Waals surface area contributed by atoms with E-state index in [1.807, 2.05) is 36.4 Å². The minimum atomic E-state index is 0. The SMILES string of the molecule is [Na+].[S-]c1ccc2oc3ccccc3c2c1. The van der Waals surface area contributed by atoms with Gasteiger partial charge in [-0.25, -0.2) is 0 Å². The molecule has 0 N–H and O–H groups in total. The maximum Gasteiger partial charge on any atom is 1.00 e. The van der Waals surface area contributed by atoms with E-state index in [9.17, 15) is 0 Å². The molecule has 1 nitrogen and oxygen atoms in total. The Bertz CT molecular complexity index is 615. The first-order valence-electron chi connectivity index (χ1n) is 4.43. The van der Waals surface area contributed by atoms with Crippen LogP contribution in [0.3, 0.4) is 0 Å². The second-order valence-electron chi connectivity index (χ2n) is 3.26. The molecule has 15 heavy (non-hydrogen) atoms. The van der Waals surface area contributed by atoms with E-state index < -0.39 is 0 Å². The Balaban J connectivity index is 0.000000853. The van der Waals surface area contributed by atoms with Crippen molar-refractivity contribution in [3.8, 4) is 0 Å². The van der Waals surface area contributed by atoms with Gasteiger partial charge in [-0.1, -0.05) is 30.3 Å². The molecule has 0 saturated carbocycles. The van der Waals surface area contributed by atoms with Gasteiger partial charge >= 0.3 is 29.6 Å².